The molecule has 2 aliphatic heterocycles. The van der Waals surface area contributed by atoms with Gasteiger partial charge in [-0.1, -0.05) is 12.8 Å². The van der Waals surface area contributed by atoms with Crippen molar-refractivity contribution in [1.82, 2.24) is 20.9 Å². The van der Waals surface area contributed by atoms with Crippen LogP contribution >= 0.6 is 12.6 Å². The number of carbonyl (C=O) groups excluding carboxylic acids is 5. The van der Waals surface area contributed by atoms with Crippen molar-refractivity contribution in [1.29, 1.82) is 0 Å². The Morgan fingerprint density at radius 2 is 1.76 bits per heavy atom. The van der Waals surface area contributed by atoms with Crippen LogP contribution in [-0.2, 0) is 24.0 Å². The zero-order valence-corrected chi connectivity index (χ0v) is 20.0. The van der Waals surface area contributed by atoms with Gasteiger partial charge in [-0.2, -0.15) is 12.6 Å². The summed E-state index contributed by atoms with van der Waals surface area (Å²) in [7, 11) is 0. The van der Waals surface area contributed by atoms with Crippen molar-refractivity contribution in [2.24, 2.45) is 5.73 Å². The van der Waals surface area contributed by atoms with E-state index in [1.54, 1.807) is 0 Å². The van der Waals surface area contributed by atoms with Gasteiger partial charge in [0, 0.05) is 25.9 Å². The van der Waals surface area contributed by atoms with Crippen LogP contribution in [0.25, 0.3) is 0 Å². The molecule has 2 heterocycles. The molecule has 33 heavy (non-hydrogen) atoms. The average molecular weight is 484 g/mol. The zero-order valence-electron chi connectivity index (χ0n) is 19.1. The van der Waals surface area contributed by atoms with E-state index in [1.807, 2.05) is 0 Å². The molecule has 186 valence electrons. The van der Waals surface area contributed by atoms with Crippen LogP contribution in [0.3, 0.4) is 0 Å². The van der Waals surface area contributed by atoms with Crippen molar-refractivity contribution in [3.05, 3.63) is 0 Å². The summed E-state index contributed by atoms with van der Waals surface area (Å²) in [6, 6.07) is -2.26. The normalized spacial score (nSPS) is 26.1. The first-order valence-corrected chi connectivity index (χ1v) is 12.5. The maximum absolute atomic E-state index is 13.0. The minimum atomic E-state index is -0.937. The molecule has 2 saturated heterocycles. The SMILES string of the molecule is NC(=O)[C@H]1CCC(=O)N2CCC[C@H]2C(=O)N[C@@H](CCCCCS)C(=O)NCCCCC(=O)N1. The van der Waals surface area contributed by atoms with Crippen LogP contribution in [0, 0.1) is 0 Å². The van der Waals surface area contributed by atoms with Crippen LogP contribution in [-0.4, -0.2) is 71.4 Å². The number of hydrogen-bond donors (Lipinski definition) is 5. The number of unbranched alkanes of at least 4 members (excludes halogenated alkanes) is 2. The van der Waals surface area contributed by atoms with Gasteiger partial charge in [0.15, 0.2) is 0 Å². The number of nitrogens with one attached hydrogen (secondary N) is 3. The number of fused-ring (bicyclic) bond motifs is 1. The van der Waals surface area contributed by atoms with E-state index in [9.17, 15) is 24.0 Å². The second-order valence-electron chi connectivity index (χ2n) is 8.69. The molecule has 0 radical (unpaired) electrons. The smallest absolute Gasteiger partial charge is 0.243 e. The summed E-state index contributed by atoms with van der Waals surface area (Å²) in [6.07, 6.45) is 5.68. The highest BCUT2D eigenvalue weighted by atomic mass is 32.1. The van der Waals surface area contributed by atoms with E-state index in [0.717, 1.165) is 25.0 Å². The highest BCUT2D eigenvalue weighted by Gasteiger charge is 2.36. The van der Waals surface area contributed by atoms with Gasteiger partial charge in [-0.05, 0) is 50.7 Å². The molecule has 0 bridgehead atoms. The maximum atomic E-state index is 13.0. The molecule has 11 heteroatoms. The predicted molar refractivity (Wildman–Crippen MR) is 126 cm³/mol. The fourth-order valence-electron chi connectivity index (χ4n) is 4.22. The van der Waals surface area contributed by atoms with Crippen molar-refractivity contribution in [2.45, 2.75) is 88.8 Å². The largest absolute Gasteiger partial charge is 0.368 e. The number of thiol groups is 1. The predicted octanol–water partition coefficient (Wildman–Crippen LogP) is 0.00280. The third-order valence-corrected chi connectivity index (χ3v) is 6.43. The molecule has 2 rings (SSSR count). The van der Waals surface area contributed by atoms with Crippen LogP contribution in [0.5, 0.6) is 0 Å². The third-order valence-electron chi connectivity index (χ3n) is 6.12. The van der Waals surface area contributed by atoms with Crippen molar-refractivity contribution < 1.29 is 24.0 Å². The van der Waals surface area contributed by atoms with Crippen LogP contribution in [0.1, 0.15) is 70.6 Å². The van der Waals surface area contributed by atoms with Gasteiger partial charge >= 0.3 is 0 Å². The Morgan fingerprint density at radius 1 is 0.970 bits per heavy atom. The van der Waals surface area contributed by atoms with E-state index in [2.05, 4.69) is 28.6 Å². The molecule has 0 spiro atoms. The third kappa shape index (κ3) is 8.87. The van der Waals surface area contributed by atoms with Crippen molar-refractivity contribution in [3.63, 3.8) is 0 Å². The lowest BCUT2D eigenvalue weighted by atomic mass is 10.1. The summed E-state index contributed by atoms with van der Waals surface area (Å²) in [5, 5.41) is 8.30. The second-order valence-corrected chi connectivity index (χ2v) is 9.14. The molecule has 5 amide bonds. The molecule has 0 saturated carbocycles. The number of hydrogen-bond acceptors (Lipinski definition) is 6. The van der Waals surface area contributed by atoms with Crippen LogP contribution in [0.2, 0.25) is 0 Å². The van der Waals surface area contributed by atoms with E-state index in [1.165, 1.54) is 4.90 Å². The molecular formula is C22H37N5O5S. The minimum Gasteiger partial charge on any atom is -0.368 e. The Bertz CT molecular complexity index is 719. The first-order valence-electron chi connectivity index (χ1n) is 11.9. The molecule has 0 aromatic heterocycles. The lowest BCUT2D eigenvalue weighted by Crippen LogP contribution is -2.53. The molecule has 0 unspecified atom stereocenters. The van der Waals surface area contributed by atoms with E-state index in [4.69, 9.17) is 5.73 Å². The average Bonchev–Trinajstić information content (AvgIpc) is 3.27. The Balaban J connectivity index is 2.13. The number of nitrogens with two attached hydrogens (primary N) is 1. The molecule has 2 fully saturated rings. The van der Waals surface area contributed by atoms with E-state index < -0.39 is 24.0 Å². The first kappa shape index (κ1) is 26.9. The number of rotatable bonds is 6. The van der Waals surface area contributed by atoms with Crippen LogP contribution in [0.15, 0.2) is 0 Å². The van der Waals surface area contributed by atoms with Crippen LogP contribution in [0.4, 0.5) is 0 Å². The van der Waals surface area contributed by atoms with E-state index in [0.29, 0.717) is 45.2 Å². The van der Waals surface area contributed by atoms with Gasteiger partial charge in [0.05, 0.1) is 0 Å². The molecule has 0 aliphatic carbocycles. The zero-order chi connectivity index (χ0) is 24.2. The Hall–Kier alpha value is -2.30. The molecule has 0 aromatic carbocycles. The van der Waals surface area contributed by atoms with Crippen molar-refractivity contribution in [2.75, 3.05) is 18.8 Å². The van der Waals surface area contributed by atoms with Gasteiger partial charge in [0.25, 0.3) is 0 Å². The Kier molecular flexibility index (Phi) is 11.5. The van der Waals surface area contributed by atoms with Crippen molar-refractivity contribution in [3.8, 4) is 0 Å². The minimum absolute atomic E-state index is 0.00862. The Labute approximate surface area is 200 Å². The number of amides is 5. The lowest BCUT2D eigenvalue weighted by Gasteiger charge is -2.27. The van der Waals surface area contributed by atoms with Gasteiger partial charge in [0.1, 0.15) is 18.1 Å². The summed E-state index contributed by atoms with van der Waals surface area (Å²) in [6.45, 7) is 0.811. The standard InChI is InChI=1S/C22H37N5O5S/c23-20(30)15-10-11-19(29)27-13-6-8-17(27)22(32)26-16(7-2-1-5-14-33)21(31)24-12-4-3-9-18(28)25-15/h15-17,33H,1-14H2,(H2,23,30)(H,24,31)(H,25,28)(H,26,32)/t15-,16+,17+/m1/s1. The lowest BCUT2D eigenvalue weighted by molar-refractivity contribution is -0.140. The highest BCUT2D eigenvalue weighted by molar-refractivity contribution is 7.80. The topological polar surface area (TPSA) is 151 Å². The summed E-state index contributed by atoms with van der Waals surface area (Å²) in [5.41, 5.74) is 5.40. The van der Waals surface area contributed by atoms with Crippen LogP contribution < -0.4 is 21.7 Å². The van der Waals surface area contributed by atoms with Gasteiger partial charge < -0.3 is 26.6 Å². The van der Waals surface area contributed by atoms with Gasteiger partial charge in [0.2, 0.25) is 29.5 Å². The molecule has 3 atom stereocenters. The van der Waals surface area contributed by atoms with E-state index >= 15 is 0 Å². The number of nitrogens with zero attached hydrogens (tertiary/aromatic N) is 1. The van der Waals surface area contributed by atoms with Gasteiger partial charge in [-0.3, -0.25) is 24.0 Å². The van der Waals surface area contributed by atoms with Crippen molar-refractivity contribution >= 4 is 42.2 Å². The number of primary amides is 1. The van der Waals surface area contributed by atoms with E-state index in [-0.39, 0.29) is 42.9 Å². The fraction of sp³-hybridized carbons (Fsp3) is 0.773. The summed E-state index contributed by atoms with van der Waals surface area (Å²) < 4.78 is 0. The molecule has 10 nitrogen and oxygen atoms in total. The molecule has 2 aliphatic rings. The molecule has 0 aromatic rings. The van der Waals surface area contributed by atoms with Gasteiger partial charge in [-0.25, -0.2) is 0 Å². The Morgan fingerprint density at radius 3 is 2.48 bits per heavy atom. The maximum Gasteiger partial charge on any atom is 0.243 e. The summed E-state index contributed by atoms with van der Waals surface area (Å²) in [4.78, 5) is 64.0. The second kappa shape index (κ2) is 14.1. The fourth-order valence-corrected chi connectivity index (χ4v) is 4.44. The molecule has 5 N–H and O–H groups in total. The quantitative estimate of drug-likeness (QED) is 0.266. The summed E-state index contributed by atoms with van der Waals surface area (Å²) >= 11 is 4.21. The monoisotopic (exact) mass is 483 g/mol. The first-order chi connectivity index (χ1) is 15.8. The number of carbonyl (C=O) groups is 5. The highest BCUT2D eigenvalue weighted by Crippen LogP contribution is 2.20. The van der Waals surface area contributed by atoms with Gasteiger partial charge in [-0.15, -0.1) is 0 Å². The summed E-state index contributed by atoms with van der Waals surface area (Å²) in [5.74, 6) is -1.11. The molecular weight excluding hydrogens is 446 g/mol.